The standard InChI is InChI=1S/C19H16N4O3/c24-16-12-17(13-5-2-1-3-6-13)26-18-11-14(8-9-15(16)18)25-10-4-7-19-20-22-23-21-19/h1-3,5-6,8-9,11-12H,4,7,10H2,(H,20,21,22,23). The van der Waals surface area contributed by atoms with Crippen molar-refractivity contribution in [1.82, 2.24) is 20.6 Å². The predicted molar refractivity (Wildman–Crippen MR) is 95.9 cm³/mol. The summed E-state index contributed by atoms with van der Waals surface area (Å²) in [6, 6.07) is 16.3. The van der Waals surface area contributed by atoms with Crippen LogP contribution in [-0.4, -0.2) is 27.2 Å². The third-order valence-electron chi connectivity index (χ3n) is 3.96. The van der Waals surface area contributed by atoms with Crippen molar-refractivity contribution in [2.24, 2.45) is 0 Å². The molecule has 0 aliphatic heterocycles. The number of rotatable bonds is 6. The predicted octanol–water partition coefficient (Wildman–Crippen LogP) is 2.98. The third-order valence-corrected chi connectivity index (χ3v) is 3.96. The molecule has 0 fully saturated rings. The van der Waals surface area contributed by atoms with Gasteiger partial charge in [-0.1, -0.05) is 35.5 Å². The van der Waals surface area contributed by atoms with Crippen molar-refractivity contribution < 1.29 is 9.15 Å². The number of aromatic amines is 1. The highest BCUT2D eigenvalue weighted by atomic mass is 16.5. The van der Waals surface area contributed by atoms with Crippen molar-refractivity contribution in [2.45, 2.75) is 12.8 Å². The van der Waals surface area contributed by atoms with Crippen molar-refractivity contribution in [3.8, 4) is 17.1 Å². The summed E-state index contributed by atoms with van der Waals surface area (Å²) in [5, 5.41) is 14.3. The van der Waals surface area contributed by atoms with Gasteiger partial charge in [0.2, 0.25) is 0 Å². The van der Waals surface area contributed by atoms with Gasteiger partial charge < -0.3 is 9.15 Å². The molecule has 4 aromatic rings. The quantitative estimate of drug-likeness (QED) is 0.538. The second kappa shape index (κ2) is 7.18. The number of nitrogens with one attached hydrogen (secondary N) is 1. The van der Waals surface area contributed by atoms with Crippen LogP contribution in [0.3, 0.4) is 0 Å². The third kappa shape index (κ3) is 3.46. The van der Waals surface area contributed by atoms with Gasteiger partial charge in [-0.3, -0.25) is 4.79 Å². The van der Waals surface area contributed by atoms with Crippen LogP contribution >= 0.6 is 0 Å². The minimum Gasteiger partial charge on any atom is -0.493 e. The molecule has 130 valence electrons. The molecule has 0 saturated carbocycles. The number of aryl methyl sites for hydroxylation is 1. The van der Waals surface area contributed by atoms with Crippen LogP contribution in [0.4, 0.5) is 0 Å². The number of fused-ring (bicyclic) bond motifs is 1. The van der Waals surface area contributed by atoms with E-state index in [0.29, 0.717) is 41.3 Å². The Labute approximate surface area is 148 Å². The molecule has 0 atom stereocenters. The average molecular weight is 348 g/mol. The van der Waals surface area contributed by atoms with E-state index in [1.165, 1.54) is 6.07 Å². The molecule has 0 bridgehead atoms. The minimum atomic E-state index is -0.0752. The fourth-order valence-corrected chi connectivity index (χ4v) is 2.68. The average Bonchev–Trinajstić information content (AvgIpc) is 3.19. The van der Waals surface area contributed by atoms with E-state index < -0.39 is 0 Å². The molecule has 7 nitrogen and oxygen atoms in total. The summed E-state index contributed by atoms with van der Waals surface area (Å²) in [4.78, 5) is 12.4. The molecule has 2 heterocycles. The van der Waals surface area contributed by atoms with Gasteiger partial charge in [0.25, 0.3) is 0 Å². The van der Waals surface area contributed by atoms with Crippen LogP contribution in [0.1, 0.15) is 12.2 Å². The summed E-state index contributed by atoms with van der Waals surface area (Å²) >= 11 is 0. The minimum absolute atomic E-state index is 0.0752. The summed E-state index contributed by atoms with van der Waals surface area (Å²) in [6.45, 7) is 0.503. The lowest BCUT2D eigenvalue weighted by Crippen LogP contribution is -2.03. The van der Waals surface area contributed by atoms with Gasteiger partial charge in [0.15, 0.2) is 11.3 Å². The lowest BCUT2D eigenvalue weighted by Gasteiger charge is -2.07. The Morgan fingerprint density at radius 2 is 1.96 bits per heavy atom. The van der Waals surface area contributed by atoms with Gasteiger partial charge >= 0.3 is 0 Å². The van der Waals surface area contributed by atoms with Crippen LogP contribution in [0.2, 0.25) is 0 Å². The van der Waals surface area contributed by atoms with Crippen molar-refractivity contribution in [1.29, 1.82) is 0 Å². The molecule has 0 aliphatic rings. The van der Waals surface area contributed by atoms with Gasteiger partial charge in [-0.25, -0.2) is 0 Å². The van der Waals surface area contributed by atoms with Crippen LogP contribution in [-0.2, 0) is 6.42 Å². The number of ether oxygens (including phenoxy) is 1. The molecule has 2 aromatic heterocycles. The Balaban J connectivity index is 1.53. The first-order valence-electron chi connectivity index (χ1n) is 8.28. The van der Waals surface area contributed by atoms with Gasteiger partial charge in [-0.2, -0.15) is 5.21 Å². The zero-order chi connectivity index (χ0) is 17.8. The first-order chi connectivity index (χ1) is 12.8. The maximum atomic E-state index is 12.4. The van der Waals surface area contributed by atoms with E-state index in [0.717, 1.165) is 12.0 Å². The fourth-order valence-electron chi connectivity index (χ4n) is 2.68. The maximum Gasteiger partial charge on any atom is 0.193 e. The van der Waals surface area contributed by atoms with Crippen LogP contribution in [0.5, 0.6) is 5.75 Å². The van der Waals surface area contributed by atoms with Gasteiger partial charge in [0, 0.05) is 24.1 Å². The maximum absolute atomic E-state index is 12.4. The Bertz CT molecular complexity index is 1060. The molecule has 1 N–H and O–H groups in total. The number of benzene rings is 2. The molecule has 7 heteroatoms. The van der Waals surface area contributed by atoms with Gasteiger partial charge in [0.1, 0.15) is 17.1 Å². The van der Waals surface area contributed by atoms with E-state index in [4.69, 9.17) is 9.15 Å². The summed E-state index contributed by atoms with van der Waals surface area (Å²) in [6.07, 6.45) is 1.43. The monoisotopic (exact) mass is 348 g/mol. The van der Waals surface area contributed by atoms with E-state index in [1.54, 1.807) is 18.2 Å². The summed E-state index contributed by atoms with van der Waals surface area (Å²) in [5.74, 6) is 1.85. The van der Waals surface area contributed by atoms with E-state index in [-0.39, 0.29) is 5.43 Å². The second-order valence-corrected chi connectivity index (χ2v) is 5.78. The van der Waals surface area contributed by atoms with E-state index >= 15 is 0 Å². The first-order valence-corrected chi connectivity index (χ1v) is 8.28. The summed E-state index contributed by atoms with van der Waals surface area (Å²) in [7, 11) is 0. The molecular weight excluding hydrogens is 332 g/mol. The van der Waals surface area contributed by atoms with Gasteiger partial charge in [-0.05, 0) is 18.6 Å². The van der Waals surface area contributed by atoms with Crippen molar-refractivity contribution in [2.75, 3.05) is 6.61 Å². The first kappa shape index (κ1) is 16.0. The van der Waals surface area contributed by atoms with E-state index in [2.05, 4.69) is 20.6 Å². The Hall–Kier alpha value is -3.48. The normalized spacial score (nSPS) is 10.9. The second-order valence-electron chi connectivity index (χ2n) is 5.78. The number of tetrazole rings is 1. The highest BCUT2D eigenvalue weighted by Gasteiger charge is 2.08. The topological polar surface area (TPSA) is 93.9 Å². The molecular formula is C19H16N4O3. The van der Waals surface area contributed by atoms with E-state index in [9.17, 15) is 4.79 Å². The lowest BCUT2D eigenvalue weighted by molar-refractivity contribution is 0.310. The fraction of sp³-hybridized carbons (Fsp3) is 0.158. The molecule has 4 rings (SSSR count). The zero-order valence-electron chi connectivity index (χ0n) is 13.9. The Morgan fingerprint density at radius 1 is 1.08 bits per heavy atom. The van der Waals surface area contributed by atoms with Crippen LogP contribution < -0.4 is 10.2 Å². The molecule has 0 spiro atoms. The zero-order valence-corrected chi connectivity index (χ0v) is 13.9. The largest absolute Gasteiger partial charge is 0.493 e. The molecule has 0 amide bonds. The molecule has 0 saturated heterocycles. The van der Waals surface area contributed by atoms with Crippen LogP contribution in [0.15, 0.2) is 63.8 Å². The van der Waals surface area contributed by atoms with Crippen LogP contribution in [0.25, 0.3) is 22.3 Å². The molecule has 0 unspecified atom stereocenters. The number of hydrogen-bond acceptors (Lipinski definition) is 6. The SMILES string of the molecule is O=c1cc(-c2ccccc2)oc2cc(OCCCc3nn[nH]n3)ccc12. The van der Waals surface area contributed by atoms with Gasteiger partial charge in [-0.15, -0.1) is 10.2 Å². The van der Waals surface area contributed by atoms with Crippen molar-refractivity contribution >= 4 is 11.0 Å². The lowest BCUT2D eigenvalue weighted by atomic mass is 10.1. The summed E-state index contributed by atoms with van der Waals surface area (Å²) < 4.78 is 11.7. The number of aromatic nitrogens is 4. The molecule has 0 aliphatic carbocycles. The Kier molecular flexibility index (Phi) is 4.42. The van der Waals surface area contributed by atoms with Gasteiger partial charge in [0.05, 0.1) is 12.0 Å². The number of H-pyrrole nitrogens is 1. The highest BCUT2D eigenvalue weighted by Crippen LogP contribution is 2.24. The van der Waals surface area contributed by atoms with E-state index in [1.807, 2.05) is 30.3 Å². The number of nitrogens with zero attached hydrogens (tertiary/aromatic N) is 3. The highest BCUT2D eigenvalue weighted by molar-refractivity contribution is 5.80. The molecule has 2 aromatic carbocycles. The van der Waals surface area contributed by atoms with Crippen LogP contribution in [0, 0.1) is 0 Å². The molecule has 26 heavy (non-hydrogen) atoms. The Morgan fingerprint density at radius 3 is 2.77 bits per heavy atom. The van der Waals surface area contributed by atoms with Crippen molar-refractivity contribution in [3.63, 3.8) is 0 Å². The molecule has 0 radical (unpaired) electrons. The summed E-state index contributed by atoms with van der Waals surface area (Å²) in [5.41, 5.74) is 1.29. The smallest absolute Gasteiger partial charge is 0.193 e. The number of hydrogen-bond donors (Lipinski definition) is 1. The van der Waals surface area contributed by atoms with Crippen molar-refractivity contribution in [3.05, 3.63) is 70.6 Å².